The van der Waals surface area contributed by atoms with Crippen molar-refractivity contribution in [3.63, 3.8) is 0 Å². The van der Waals surface area contributed by atoms with Gasteiger partial charge in [-0.15, -0.1) is 0 Å². The standard InChI is InChI=1S/C30H40N6O/c1-24-26(12-8-13-27(24)25-10-4-2-5-11-25)23-32-30-33-28(22-29(34-30)36-18-20-37-21-19-36)31-14-9-17-35-15-6-3-7-16-35/h2,4-5,8,10-13,22H,3,6-7,9,14-21,23H2,1H3,(H2,31,32,33,34). The number of aromatic nitrogens is 2. The molecule has 2 N–H and O–H groups in total. The predicted octanol–water partition coefficient (Wildman–Crippen LogP) is 5.19. The molecule has 0 bridgehead atoms. The van der Waals surface area contributed by atoms with Crippen LogP contribution in [0.25, 0.3) is 11.1 Å². The fraction of sp³-hybridized carbons (Fsp3) is 0.467. The summed E-state index contributed by atoms with van der Waals surface area (Å²) in [6.45, 7) is 10.6. The SMILES string of the molecule is Cc1c(CNc2nc(NCCCN3CCCCC3)cc(N3CCOCC3)n2)cccc1-c1ccccc1. The van der Waals surface area contributed by atoms with Crippen molar-refractivity contribution in [1.82, 2.24) is 14.9 Å². The average Bonchev–Trinajstić information content (AvgIpc) is 2.96. The van der Waals surface area contributed by atoms with Crippen LogP contribution in [0.2, 0.25) is 0 Å². The maximum absolute atomic E-state index is 5.56. The Hall–Kier alpha value is -3.16. The van der Waals surface area contributed by atoms with Crippen molar-refractivity contribution in [2.75, 3.05) is 68.0 Å². The molecule has 0 unspecified atom stereocenters. The third-order valence-electron chi connectivity index (χ3n) is 7.42. The predicted molar refractivity (Wildman–Crippen MR) is 152 cm³/mol. The van der Waals surface area contributed by atoms with Crippen molar-refractivity contribution in [3.05, 3.63) is 65.7 Å². The molecule has 2 aliphatic rings. The van der Waals surface area contributed by atoms with Gasteiger partial charge in [-0.3, -0.25) is 0 Å². The third kappa shape index (κ3) is 6.99. The van der Waals surface area contributed by atoms with E-state index in [0.717, 1.165) is 57.4 Å². The fourth-order valence-electron chi connectivity index (χ4n) is 5.24. The Morgan fingerprint density at radius 1 is 0.865 bits per heavy atom. The zero-order valence-electron chi connectivity index (χ0n) is 22.1. The molecule has 0 radical (unpaired) electrons. The number of hydrogen-bond acceptors (Lipinski definition) is 7. The van der Waals surface area contributed by atoms with Crippen LogP contribution in [0.3, 0.4) is 0 Å². The first-order valence-corrected chi connectivity index (χ1v) is 13.8. The minimum Gasteiger partial charge on any atom is -0.378 e. The maximum Gasteiger partial charge on any atom is 0.226 e. The van der Waals surface area contributed by atoms with Crippen molar-refractivity contribution >= 4 is 17.6 Å². The van der Waals surface area contributed by atoms with Crippen molar-refractivity contribution in [2.45, 2.75) is 39.2 Å². The number of piperidine rings is 1. The first-order valence-electron chi connectivity index (χ1n) is 13.8. The Morgan fingerprint density at radius 2 is 1.68 bits per heavy atom. The quantitative estimate of drug-likeness (QED) is 0.372. The van der Waals surface area contributed by atoms with Gasteiger partial charge in [0.25, 0.3) is 0 Å². The van der Waals surface area contributed by atoms with Crippen LogP contribution in [0.4, 0.5) is 17.6 Å². The van der Waals surface area contributed by atoms with Gasteiger partial charge in [0.2, 0.25) is 5.95 Å². The molecule has 2 aromatic carbocycles. The van der Waals surface area contributed by atoms with E-state index in [0.29, 0.717) is 12.5 Å². The molecule has 0 saturated carbocycles. The largest absolute Gasteiger partial charge is 0.378 e. The van der Waals surface area contributed by atoms with Crippen LogP contribution in [0.1, 0.15) is 36.8 Å². The minimum absolute atomic E-state index is 0.659. The molecule has 0 amide bonds. The van der Waals surface area contributed by atoms with E-state index in [-0.39, 0.29) is 0 Å². The van der Waals surface area contributed by atoms with E-state index < -0.39 is 0 Å². The first-order chi connectivity index (χ1) is 18.3. The molecule has 7 nitrogen and oxygen atoms in total. The Bertz CT molecular complexity index is 1130. The number of ether oxygens (including phenoxy) is 1. The molecule has 196 valence electrons. The van der Waals surface area contributed by atoms with Gasteiger partial charge in [0.1, 0.15) is 11.6 Å². The van der Waals surface area contributed by atoms with Gasteiger partial charge in [0.15, 0.2) is 0 Å². The Balaban J connectivity index is 1.27. The molecule has 3 heterocycles. The zero-order valence-corrected chi connectivity index (χ0v) is 22.1. The molecule has 2 saturated heterocycles. The highest BCUT2D eigenvalue weighted by Gasteiger charge is 2.16. The lowest BCUT2D eigenvalue weighted by Gasteiger charge is -2.28. The van der Waals surface area contributed by atoms with Gasteiger partial charge in [-0.05, 0) is 68.1 Å². The number of morpholine rings is 1. The average molecular weight is 501 g/mol. The van der Waals surface area contributed by atoms with Crippen molar-refractivity contribution in [1.29, 1.82) is 0 Å². The Morgan fingerprint density at radius 3 is 2.49 bits per heavy atom. The number of likely N-dealkylation sites (tertiary alicyclic amines) is 1. The summed E-state index contributed by atoms with van der Waals surface area (Å²) in [6.07, 6.45) is 5.17. The summed E-state index contributed by atoms with van der Waals surface area (Å²) in [6, 6.07) is 19.1. The third-order valence-corrected chi connectivity index (χ3v) is 7.42. The van der Waals surface area contributed by atoms with Gasteiger partial charge in [-0.2, -0.15) is 9.97 Å². The number of benzene rings is 2. The molecule has 0 aliphatic carbocycles. The molecule has 3 aromatic rings. The van der Waals surface area contributed by atoms with Crippen LogP contribution < -0.4 is 15.5 Å². The van der Waals surface area contributed by atoms with E-state index in [2.05, 4.69) is 82.0 Å². The number of rotatable bonds is 10. The van der Waals surface area contributed by atoms with Crippen molar-refractivity contribution in [3.8, 4) is 11.1 Å². The molecule has 5 rings (SSSR count). The molecule has 2 fully saturated rings. The van der Waals surface area contributed by atoms with Gasteiger partial charge in [0, 0.05) is 32.2 Å². The van der Waals surface area contributed by atoms with Crippen LogP contribution >= 0.6 is 0 Å². The first kappa shape index (κ1) is 25.5. The zero-order chi connectivity index (χ0) is 25.3. The molecular formula is C30H40N6O. The van der Waals surface area contributed by atoms with Gasteiger partial charge in [-0.25, -0.2) is 0 Å². The van der Waals surface area contributed by atoms with Gasteiger partial charge in [-0.1, -0.05) is 55.0 Å². The van der Waals surface area contributed by atoms with E-state index in [1.165, 1.54) is 54.6 Å². The van der Waals surface area contributed by atoms with E-state index in [1.54, 1.807) is 0 Å². The maximum atomic E-state index is 5.56. The monoisotopic (exact) mass is 500 g/mol. The lowest BCUT2D eigenvalue weighted by molar-refractivity contribution is 0.122. The highest BCUT2D eigenvalue weighted by Crippen LogP contribution is 2.26. The number of hydrogen-bond donors (Lipinski definition) is 2. The summed E-state index contributed by atoms with van der Waals surface area (Å²) in [4.78, 5) is 14.6. The molecule has 2 aliphatic heterocycles. The van der Waals surface area contributed by atoms with Crippen LogP contribution in [0, 0.1) is 6.92 Å². The molecular weight excluding hydrogens is 460 g/mol. The fourth-order valence-corrected chi connectivity index (χ4v) is 5.24. The summed E-state index contributed by atoms with van der Waals surface area (Å²) >= 11 is 0. The lowest BCUT2D eigenvalue weighted by Crippen LogP contribution is -2.37. The highest BCUT2D eigenvalue weighted by molar-refractivity contribution is 5.68. The van der Waals surface area contributed by atoms with Crippen LogP contribution in [-0.2, 0) is 11.3 Å². The van der Waals surface area contributed by atoms with Crippen LogP contribution in [0.5, 0.6) is 0 Å². The normalized spacial score (nSPS) is 16.5. The van der Waals surface area contributed by atoms with Crippen molar-refractivity contribution in [2.24, 2.45) is 0 Å². The molecule has 37 heavy (non-hydrogen) atoms. The second-order valence-electron chi connectivity index (χ2n) is 10.0. The van der Waals surface area contributed by atoms with Crippen LogP contribution in [-0.4, -0.2) is 67.4 Å². The van der Waals surface area contributed by atoms with Gasteiger partial charge in [0.05, 0.1) is 13.2 Å². The summed E-state index contributed by atoms with van der Waals surface area (Å²) in [7, 11) is 0. The molecule has 7 heteroatoms. The van der Waals surface area contributed by atoms with Gasteiger partial charge < -0.3 is 25.2 Å². The van der Waals surface area contributed by atoms with E-state index >= 15 is 0 Å². The van der Waals surface area contributed by atoms with E-state index in [9.17, 15) is 0 Å². The topological polar surface area (TPSA) is 65.6 Å². The van der Waals surface area contributed by atoms with E-state index in [4.69, 9.17) is 14.7 Å². The Kier molecular flexibility index (Phi) is 8.87. The Labute approximate surface area is 221 Å². The minimum atomic E-state index is 0.659. The molecule has 0 atom stereocenters. The second kappa shape index (κ2) is 12.9. The summed E-state index contributed by atoms with van der Waals surface area (Å²) < 4.78 is 5.56. The molecule has 1 aromatic heterocycles. The molecule has 0 spiro atoms. The summed E-state index contributed by atoms with van der Waals surface area (Å²) in [5.74, 6) is 2.49. The highest BCUT2D eigenvalue weighted by atomic mass is 16.5. The second-order valence-corrected chi connectivity index (χ2v) is 10.0. The summed E-state index contributed by atoms with van der Waals surface area (Å²) in [5.41, 5.74) is 5.03. The lowest BCUT2D eigenvalue weighted by atomic mass is 9.96. The summed E-state index contributed by atoms with van der Waals surface area (Å²) in [5, 5.41) is 7.08. The number of nitrogens with one attached hydrogen (secondary N) is 2. The van der Waals surface area contributed by atoms with Crippen molar-refractivity contribution < 1.29 is 4.74 Å². The van der Waals surface area contributed by atoms with E-state index in [1.807, 2.05) is 0 Å². The number of anilines is 3. The van der Waals surface area contributed by atoms with Crippen LogP contribution in [0.15, 0.2) is 54.6 Å². The van der Waals surface area contributed by atoms with Gasteiger partial charge >= 0.3 is 0 Å². The smallest absolute Gasteiger partial charge is 0.226 e. The number of nitrogens with zero attached hydrogens (tertiary/aromatic N) is 4.